The van der Waals surface area contributed by atoms with E-state index in [1.54, 1.807) is 0 Å². The van der Waals surface area contributed by atoms with Crippen molar-refractivity contribution in [1.29, 1.82) is 0 Å². The van der Waals surface area contributed by atoms with Gasteiger partial charge in [-0.15, -0.1) is 0 Å². The minimum absolute atomic E-state index is 0.258. The minimum Gasteiger partial charge on any atom is -0.461 e. The Balaban J connectivity index is 4.30. The second-order valence-electron chi connectivity index (χ2n) is 1.49. The van der Waals surface area contributed by atoms with E-state index in [-0.39, 0.29) is 6.61 Å². The van der Waals surface area contributed by atoms with Crippen LogP contribution < -0.4 is 0 Å². The molecule has 11 heavy (non-hydrogen) atoms. The Bertz CT molecular complexity index is 181. The number of esters is 1. The van der Waals surface area contributed by atoms with Gasteiger partial charge in [-0.05, 0) is 6.92 Å². The zero-order valence-electron chi connectivity index (χ0n) is 5.54. The number of carbonyl (C=O) groups is 1. The highest BCUT2D eigenvalue weighted by Crippen LogP contribution is 2.18. The lowest BCUT2D eigenvalue weighted by molar-refractivity contribution is -0.160. The molecule has 0 rings (SSSR count). The topological polar surface area (TPSA) is 63.6 Å². The van der Waals surface area contributed by atoms with Gasteiger partial charge in [0.05, 0.1) is 6.61 Å². The van der Waals surface area contributed by atoms with Crippen LogP contribution in [0.4, 0.5) is 8.78 Å². The van der Waals surface area contributed by atoms with Crippen molar-refractivity contribution in [2.45, 2.75) is 12.2 Å². The van der Waals surface area contributed by atoms with Crippen molar-refractivity contribution < 1.29 is 27.1 Å². The van der Waals surface area contributed by atoms with E-state index < -0.39 is 22.3 Å². The molecule has 0 radical (unpaired) electrons. The highest BCUT2D eigenvalue weighted by Gasteiger charge is 2.47. The Morgan fingerprint density at radius 3 is 2.45 bits per heavy atom. The molecule has 0 aliphatic rings. The van der Waals surface area contributed by atoms with Crippen LogP contribution in [0.15, 0.2) is 0 Å². The van der Waals surface area contributed by atoms with Gasteiger partial charge in [0.2, 0.25) is 11.1 Å². The summed E-state index contributed by atoms with van der Waals surface area (Å²) in [6.45, 7) is 1.06. The van der Waals surface area contributed by atoms with Crippen molar-refractivity contribution in [3.05, 3.63) is 0 Å². The maximum Gasteiger partial charge on any atom is 0.439 e. The number of carbonyl (C=O) groups excluding carboxylic acids is 1. The summed E-state index contributed by atoms with van der Waals surface area (Å²) in [5.74, 6) is -1.99. The summed E-state index contributed by atoms with van der Waals surface area (Å²) >= 11 is -3.52. The molecule has 4 nitrogen and oxygen atoms in total. The van der Waals surface area contributed by atoms with Crippen molar-refractivity contribution in [1.82, 2.24) is 0 Å². The maximum absolute atomic E-state index is 12.1. The van der Waals surface area contributed by atoms with E-state index in [1.165, 1.54) is 6.92 Å². The Morgan fingerprint density at radius 2 is 2.18 bits per heavy atom. The molecule has 0 saturated heterocycles. The Labute approximate surface area is 63.8 Å². The lowest BCUT2D eigenvalue weighted by atomic mass is 10.7. The van der Waals surface area contributed by atoms with Crippen LogP contribution in [0, 0.1) is 0 Å². The number of hydrogen-bond donors (Lipinski definition) is 1. The smallest absolute Gasteiger partial charge is 0.439 e. The molecule has 0 bridgehead atoms. The van der Waals surface area contributed by atoms with Gasteiger partial charge in [0.25, 0.3) is 0 Å². The first-order chi connectivity index (χ1) is 4.92. The van der Waals surface area contributed by atoms with Gasteiger partial charge >= 0.3 is 11.2 Å². The second kappa shape index (κ2) is 3.72. The first-order valence-corrected chi connectivity index (χ1v) is 3.69. The Kier molecular flexibility index (Phi) is 3.53. The van der Waals surface area contributed by atoms with E-state index in [0.717, 1.165) is 0 Å². The summed E-state index contributed by atoms with van der Waals surface area (Å²) in [5, 5.41) is -4.32. The van der Waals surface area contributed by atoms with E-state index in [1.807, 2.05) is 0 Å². The Hall–Kier alpha value is -0.560. The molecule has 0 aliphatic carbocycles. The van der Waals surface area contributed by atoms with Gasteiger partial charge in [-0.25, -0.2) is 9.00 Å². The summed E-state index contributed by atoms with van der Waals surface area (Å²) in [4.78, 5) is 10.2. The maximum atomic E-state index is 12.1. The van der Waals surface area contributed by atoms with Crippen LogP contribution in [-0.2, 0) is 20.6 Å². The van der Waals surface area contributed by atoms with Crippen molar-refractivity contribution in [2.75, 3.05) is 6.61 Å². The van der Waals surface area contributed by atoms with E-state index >= 15 is 0 Å². The molecule has 7 heteroatoms. The lowest BCUT2D eigenvalue weighted by Crippen LogP contribution is -2.35. The summed E-state index contributed by atoms with van der Waals surface area (Å²) in [7, 11) is 0. The third kappa shape index (κ3) is 2.51. The van der Waals surface area contributed by atoms with Crippen molar-refractivity contribution >= 4 is 17.0 Å². The van der Waals surface area contributed by atoms with Crippen LogP contribution in [0.5, 0.6) is 0 Å². The third-order valence-electron chi connectivity index (χ3n) is 0.732. The average molecular weight is 188 g/mol. The molecule has 0 aromatic rings. The van der Waals surface area contributed by atoms with Gasteiger partial charge in [-0.1, -0.05) is 0 Å². The van der Waals surface area contributed by atoms with Crippen molar-refractivity contribution in [2.24, 2.45) is 0 Å². The van der Waals surface area contributed by atoms with Crippen LogP contribution in [0.3, 0.4) is 0 Å². The van der Waals surface area contributed by atoms with Crippen LogP contribution >= 0.6 is 0 Å². The largest absolute Gasteiger partial charge is 0.461 e. The first kappa shape index (κ1) is 10.4. The van der Waals surface area contributed by atoms with Crippen LogP contribution in [0.2, 0.25) is 0 Å². The normalized spacial score (nSPS) is 14.2. The van der Waals surface area contributed by atoms with Gasteiger partial charge in [0.1, 0.15) is 0 Å². The number of ether oxygens (including phenoxy) is 1. The van der Waals surface area contributed by atoms with Gasteiger partial charge in [0, 0.05) is 0 Å². The standard InChI is InChI=1S/C4H6F2O4S/c1-2-10-3(7)4(5,6)11(8)9/h2H2,1H3,(H,8,9). The van der Waals surface area contributed by atoms with Crippen molar-refractivity contribution in [3.63, 3.8) is 0 Å². The molecule has 1 unspecified atom stereocenters. The van der Waals surface area contributed by atoms with E-state index in [2.05, 4.69) is 4.74 Å². The molecule has 1 atom stereocenters. The zero-order valence-corrected chi connectivity index (χ0v) is 6.36. The van der Waals surface area contributed by atoms with Gasteiger partial charge < -0.3 is 9.29 Å². The van der Waals surface area contributed by atoms with Gasteiger partial charge in [0.15, 0.2) is 0 Å². The van der Waals surface area contributed by atoms with Crippen LogP contribution in [0.25, 0.3) is 0 Å². The minimum atomic E-state index is -4.32. The van der Waals surface area contributed by atoms with Crippen LogP contribution in [0.1, 0.15) is 6.92 Å². The molecule has 0 aromatic heterocycles. The fraction of sp³-hybridized carbons (Fsp3) is 0.750. The van der Waals surface area contributed by atoms with E-state index in [4.69, 9.17) is 4.55 Å². The highest BCUT2D eigenvalue weighted by molar-refractivity contribution is 7.81. The molecule has 0 heterocycles. The number of halogens is 2. The van der Waals surface area contributed by atoms with Gasteiger partial charge in [-0.3, -0.25) is 0 Å². The molecule has 66 valence electrons. The summed E-state index contributed by atoms with van der Waals surface area (Å²) in [6, 6.07) is 0. The van der Waals surface area contributed by atoms with Crippen LogP contribution in [-0.4, -0.2) is 26.6 Å². The Morgan fingerprint density at radius 1 is 1.73 bits per heavy atom. The zero-order chi connectivity index (χ0) is 9.07. The van der Waals surface area contributed by atoms with E-state index in [0.29, 0.717) is 0 Å². The SMILES string of the molecule is CCOC(=O)C(F)(F)S(=O)O. The molecule has 0 spiro atoms. The predicted molar refractivity (Wildman–Crippen MR) is 32.4 cm³/mol. The molecule has 0 fully saturated rings. The number of alkyl halides is 2. The molecular formula is C4H6F2O4S. The molecule has 0 amide bonds. The van der Waals surface area contributed by atoms with Gasteiger partial charge in [-0.2, -0.15) is 8.78 Å². The summed E-state index contributed by atoms with van der Waals surface area (Å²) in [6.07, 6.45) is 0. The first-order valence-electron chi connectivity index (χ1n) is 2.59. The average Bonchev–Trinajstić information content (AvgIpc) is 1.88. The molecule has 0 aliphatic heterocycles. The monoisotopic (exact) mass is 188 g/mol. The third-order valence-corrected chi connectivity index (χ3v) is 1.34. The fourth-order valence-corrected chi connectivity index (χ4v) is 0.488. The molecular weight excluding hydrogens is 182 g/mol. The number of hydrogen-bond acceptors (Lipinski definition) is 3. The quantitative estimate of drug-likeness (QED) is 0.513. The summed E-state index contributed by atoms with van der Waals surface area (Å²) in [5.41, 5.74) is 0. The number of rotatable bonds is 3. The van der Waals surface area contributed by atoms with Crippen molar-refractivity contribution in [3.8, 4) is 0 Å². The summed E-state index contributed by atoms with van der Waals surface area (Å²) < 4.78 is 45.7. The molecule has 1 N–H and O–H groups in total. The fourth-order valence-electron chi connectivity index (χ4n) is 0.286. The lowest BCUT2D eigenvalue weighted by Gasteiger charge is -2.08. The molecule has 0 saturated carbocycles. The highest BCUT2D eigenvalue weighted by atomic mass is 32.2. The molecule has 0 aromatic carbocycles. The second-order valence-corrected chi connectivity index (χ2v) is 2.50. The predicted octanol–water partition coefficient (Wildman–Crippen LogP) is 0.364. The van der Waals surface area contributed by atoms with E-state index in [9.17, 15) is 17.8 Å².